The van der Waals surface area contributed by atoms with Gasteiger partial charge in [0.05, 0.1) is 5.92 Å². The SMILES string of the molecule is Cc1cnccc1C(=O)NC1CCC(C(=O)O)CC1. The minimum atomic E-state index is -0.727. The molecule has 1 amide bonds. The van der Waals surface area contributed by atoms with E-state index in [-0.39, 0.29) is 17.9 Å². The van der Waals surface area contributed by atoms with Gasteiger partial charge >= 0.3 is 5.97 Å². The zero-order chi connectivity index (χ0) is 13.8. The van der Waals surface area contributed by atoms with Crippen molar-refractivity contribution in [3.63, 3.8) is 0 Å². The first kappa shape index (κ1) is 13.5. The van der Waals surface area contributed by atoms with Crippen molar-refractivity contribution >= 4 is 11.9 Å². The summed E-state index contributed by atoms with van der Waals surface area (Å²) in [6.07, 6.45) is 5.99. The maximum absolute atomic E-state index is 12.1. The van der Waals surface area contributed by atoms with Gasteiger partial charge in [0.1, 0.15) is 0 Å². The molecular weight excluding hydrogens is 244 g/mol. The Balaban J connectivity index is 1.91. The lowest BCUT2D eigenvalue weighted by Gasteiger charge is -2.27. The lowest BCUT2D eigenvalue weighted by atomic mass is 9.86. The highest BCUT2D eigenvalue weighted by molar-refractivity contribution is 5.95. The quantitative estimate of drug-likeness (QED) is 0.870. The smallest absolute Gasteiger partial charge is 0.306 e. The minimum absolute atomic E-state index is 0.0793. The number of carboxylic acids is 1. The van der Waals surface area contributed by atoms with E-state index in [4.69, 9.17) is 5.11 Å². The number of pyridine rings is 1. The van der Waals surface area contributed by atoms with E-state index in [1.165, 1.54) is 0 Å². The Morgan fingerprint density at radius 2 is 2.00 bits per heavy atom. The first-order valence-corrected chi connectivity index (χ1v) is 6.52. The number of aryl methyl sites for hydroxylation is 1. The van der Waals surface area contributed by atoms with E-state index in [2.05, 4.69) is 10.3 Å². The Bertz CT molecular complexity index is 479. The molecule has 0 radical (unpaired) electrons. The fourth-order valence-electron chi connectivity index (χ4n) is 2.48. The summed E-state index contributed by atoms with van der Waals surface area (Å²) >= 11 is 0. The zero-order valence-electron chi connectivity index (χ0n) is 10.9. The van der Waals surface area contributed by atoms with Crippen molar-refractivity contribution in [2.24, 2.45) is 5.92 Å². The van der Waals surface area contributed by atoms with Crippen LogP contribution in [0, 0.1) is 12.8 Å². The Labute approximate surface area is 112 Å². The maximum Gasteiger partial charge on any atom is 0.306 e. The van der Waals surface area contributed by atoms with Crippen LogP contribution in [-0.4, -0.2) is 28.0 Å². The predicted octanol–water partition coefficient (Wildman–Crippen LogP) is 1.76. The summed E-state index contributed by atoms with van der Waals surface area (Å²) in [4.78, 5) is 26.9. The summed E-state index contributed by atoms with van der Waals surface area (Å²) in [5.41, 5.74) is 1.48. The van der Waals surface area contributed by atoms with Gasteiger partial charge in [0.15, 0.2) is 0 Å². The molecule has 1 heterocycles. The highest BCUT2D eigenvalue weighted by Gasteiger charge is 2.27. The highest BCUT2D eigenvalue weighted by atomic mass is 16.4. The predicted molar refractivity (Wildman–Crippen MR) is 69.8 cm³/mol. The lowest BCUT2D eigenvalue weighted by Crippen LogP contribution is -2.39. The van der Waals surface area contributed by atoms with Gasteiger partial charge in [-0.05, 0) is 44.2 Å². The molecular formula is C14H18N2O3. The summed E-state index contributed by atoms with van der Waals surface area (Å²) in [6.45, 7) is 1.85. The Hall–Kier alpha value is -1.91. The van der Waals surface area contributed by atoms with E-state index in [0.29, 0.717) is 18.4 Å². The lowest BCUT2D eigenvalue weighted by molar-refractivity contribution is -0.142. The van der Waals surface area contributed by atoms with Gasteiger partial charge in [0.2, 0.25) is 0 Å². The van der Waals surface area contributed by atoms with Crippen LogP contribution in [-0.2, 0) is 4.79 Å². The van der Waals surface area contributed by atoms with Gasteiger partial charge in [-0.15, -0.1) is 0 Å². The summed E-state index contributed by atoms with van der Waals surface area (Å²) in [6, 6.07) is 1.78. The van der Waals surface area contributed by atoms with Crippen LogP contribution in [0.15, 0.2) is 18.5 Å². The third-order valence-electron chi connectivity index (χ3n) is 3.68. The molecule has 102 valence electrons. The fourth-order valence-corrected chi connectivity index (χ4v) is 2.48. The second-order valence-corrected chi connectivity index (χ2v) is 5.05. The molecule has 5 nitrogen and oxygen atoms in total. The van der Waals surface area contributed by atoms with Gasteiger partial charge in [-0.3, -0.25) is 14.6 Å². The summed E-state index contributed by atoms with van der Waals surface area (Å²) in [5.74, 6) is -1.08. The highest BCUT2D eigenvalue weighted by Crippen LogP contribution is 2.24. The number of nitrogens with one attached hydrogen (secondary N) is 1. The molecule has 1 aliphatic carbocycles. The maximum atomic E-state index is 12.1. The van der Waals surface area contributed by atoms with Gasteiger partial charge < -0.3 is 10.4 Å². The molecule has 0 unspecified atom stereocenters. The monoisotopic (exact) mass is 262 g/mol. The van der Waals surface area contributed by atoms with Crippen molar-refractivity contribution in [2.45, 2.75) is 38.6 Å². The number of nitrogens with zero attached hydrogens (tertiary/aromatic N) is 1. The average Bonchev–Trinajstić information content (AvgIpc) is 2.39. The number of carbonyl (C=O) groups is 2. The molecule has 1 aliphatic rings. The number of aromatic nitrogens is 1. The molecule has 19 heavy (non-hydrogen) atoms. The molecule has 2 N–H and O–H groups in total. The molecule has 0 aromatic carbocycles. The van der Waals surface area contributed by atoms with E-state index in [1.54, 1.807) is 18.5 Å². The largest absolute Gasteiger partial charge is 0.481 e. The van der Waals surface area contributed by atoms with E-state index in [9.17, 15) is 9.59 Å². The third kappa shape index (κ3) is 3.30. The van der Waals surface area contributed by atoms with Crippen LogP contribution < -0.4 is 5.32 Å². The van der Waals surface area contributed by atoms with Gasteiger partial charge in [-0.1, -0.05) is 0 Å². The Morgan fingerprint density at radius 3 is 2.58 bits per heavy atom. The number of hydrogen-bond acceptors (Lipinski definition) is 3. The minimum Gasteiger partial charge on any atom is -0.481 e. The summed E-state index contributed by atoms with van der Waals surface area (Å²) in [7, 11) is 0. The van der Waals surface area contributed by atoms with E-state index in [1.807, 2.05) is 6.92 Å². The number of rotatable bonds is 3. The van der Waals surface area contributed by atoms with Crippen molar-refractivity contribution in [3.8, 4) is 0 Å². The Kier molecular flexibility index (Phi) is 4.14. The van der Waals surface area contributed by atoms with Gasteiger partial charge in [0.25, 0.3) is 5.91 Å². The zero-order valence-corrected chi connectivity index (χ0v) is 10.9. The van der Waals surface area contributed by atoms with E-state index < -0.39 is 5.97 Å². The Morgan fingerprint density at radius 1 is 1.32 bits per heavy atom. The van der Waals surface area contributed by atoms with Crippen molar-refractivity contribution < 1.29 is 14.7 Å². The molecule has 2 rings (SSSR count). The number of amides is 1. The van der Waals surface area contributed by atoms with Crippen LogP contribution in [0.3, 0.4) is 0 Å². The number of carboxylic acid groups (broad SMARTS) is 1. The van der Waals surface area contributed by atoms with Crippen LogP contribution >= 0.6 is 0 Å². The molecule has 0 bridgehead atoms. The van der Waals surface area contributed by atoms with Gasteiger partial charge in [0, 0.05) is 24.0 Å². The molecule has 1 saturated carbocycles. The van der Waals surface area contributed by atoms with Crippen molar-refractivity contribution in [3.05, 3.63) is 29.6 Å². The molecule has 1 aromatic heterocycles. The second kappa shape index (κ2) is 5.82. The van der Waals surface area contributed by atoms with Crippen LogP contribution in [0.4, 0.5) is 0 Å². The van der Waals surface area contributed by atoms with Crippen LogP contribution in [0.2, 0.25) is 0 Å². The van der Waals surface area contributed by atoms with Crippen LogP contribution in [0.1, 0.15) is 41.6 Å². The van der Waals surface area contributed by atoms with Gasteiger partial charge in [-0.2, -0.15) is 0 Å². The number of carbonyl (C=O) groups excluding carboxylic acids is 1. The first-order chi connectivity index (χ1) is 9.08. The first-order valence-electron chi connectivity index (χ1n) is 6.52. The average molecular weight is 262 g/mol. The van der Waals surface area contributed by atoms with Crippen molar-refractivity contribution in [1.82, 2.24) is 10.3 Å². The summed E-state index contributed by atoms with van der Waals surface area (Å²) < 4.78 is 0. The van der Waals surface area contributed by atoms with Gasteiger partial charge in [-0.25, -0.2) is 0 Å². The van der Waals surface area contributed by atoms with Crippen molar-refractivity contribution in [2.75, 3.05) is 0 Å². The molecule has 0 spiro atoms. The molecule has 0 saturated heterocycles. The van der Waals surface area contributed by atoms with Crippen LogP contribution in [0.5, 0.6) is 0 Å². The molecule has 5 heteroatoms. The summed E-state index contributed by atoms with van der Waals surface area (Å²) in [5, 5.41) is 11.9. The topological polar surface area (TPSA) is 79.3 Å². The molecule has 1 fully saturated rings. The standard InChI is InChI=1S/C14H18N2O3/c1-9-8-15-7-6-12(9)13(17)16-11-4-2-10(3-5-11)14(18)19/h6-8,10-11H,2-5H2,1H3,(H,16,17)(H,18,19). The fraction of sp³-hybridized carbons (Fsp3) is 0.500. The number of aliphatic carboxylic acids is 1. The van der Waals surface area contributed by atoms with E-state index in [0.717, 1.165) is 18.4 Å². The van der Waals surface area contributed by atoms with E-state index >= 15 is 0 Å². The molecule has 0 atom stereocenters. The normalized spacial score (nSPS) is 22.8. The third-order valence-corrected chi connectivity index (χ3v) is 3.68. The van der Waals surface area contributed by atoms with Crippen LogP contribution in [0.25, 0.3) is 0 Å². The number of hydrogen-bond donors (Lipinski definition) is 2. The molecule has 1 aromatic rings. The molecule has 0 aliphatic heterocycles. The second-order valence-electron chi connectivity index (χ2n) is 5.05. The van der Waals surface area contributed by atoms with Crippen molar-refractivity contribution in [1.29, 1.82) is 0 Å².